The Morgan fingerprint density at radius 2 is 1.91 bits per heavy atom. The van der Waals surface area contributed by atoms with Crippen LogP contribution in [0, 0.1) is 17.1 Å². The standard InChI is InChI=1S/C22H18ClF4N3O4S/c23-16-9-13(5-6-17(16)24)30-11-14(10-19(30)34-20(31)29-21(12-28)7-8-21)35(32,33)18-4-2-1-3-15(18)22(25,26)27/h1-6,9,14,19H,7-8,10-11H2,(H,29,31)/t14-,19+/m0/s1. The first-order valence-electron chi connectivity index (χ1n) is 10.4. The fourth-order valence-electron chi connectivity index (χ4n) is 3.90. The van der Waals surface area contributed by atoms with Gasteiger partial charge in [0.15, 0.2) is 16.1 Å². The summed E-state index contributed by atoms with van der Waals surface area (Å²) in [6.45, 7) is -0.349. The molecule has 7 nitrogen and oxygen atoms in total. The van der Waals surface area contributed by atoms with Gasteiger partial charge in [0, 0.05) is 18.7 Å². The van der Waals surface area contributed by atoms with E-state index in [2.05, 4.69) is 5.32 Å². The van der Waals surface area contributed by atoms with Crippen LogP contribution in [0.5, 0.6) is 0 Å². The van der Waals surface area contributed by atoms with Gasteiger partial charge >= 0.3 is 12.3 Å². The van der Waals surface area contributed by atoms with E-state index in [9.17, 15) is 30.8 Å². The van der Waals surface area contributed by atoms with Gasteiger partial charge in [0.05, 0.1) is 26.8 Å². The predicted octanol–water partition coefficient (Wildman–Crippen LogP) is 4.66. The zero-order valence-electron chi connectivity index (χ0n) is 17.9. The van der Waals surface area contributed by atoms with Crippen LogP contribution in [-0.2, 0) is 20.8 Å². The second-order valence-corrected chi connectivity index (χ2v) is 10.9. The number of benzene rings is 2. The predicted molar refractivity (Wildman–Crippen MR) is 117 cm³/mol. The minimum Gasteiger partial charge on any atom is -0.425 e. The van der Waals surface area contributed by atoms with Gasteiger partial charge in [-0.15, -0.1) is 0 Å². The first-order valence-corrected chi connectivity index (χ1v) is 12.3. The molecule has 0 unspecified atom stereocenters. The van der Waals surface area contributed by atoms with Crippen LogP contribution in [0.25, 0.3) is 0 Å². The third kappa shape index (κ3) is 5.01. The Morgan fingerprint density at radius 3 is 2.51 bits per heavy atom. The number of nitrogens with one attached hydrogen (secondary N) is 1. The molecule has 13 heteroatoms. The van der Waals surface area contributed by atoms with Gasteiger partial charge in [-0.2, -0.15) is 18.4 Å². The Balaban J connectivity index is 1.66. The summed E-state index contributed by atoms with van der Waals surface area (Å²) in [4.78, 5) is 12.9. The number of carbonyl (C=O) groups excluding carboxylic acids is 1. The van der Waals surface area contributed by atoms with Crippen LogP contribution in [0.2, 0.25) is 5.02 Å². The first kappa shape index (κ1) is 25.1. The van der Waals surface area contributed by atoms with Gasteiger partial charge < -0.3 is 15.0 Å². The SMILES string of the molecule is N#CC1(NC(=O)O[C@@H]2C[C@H](S(=O)(=O)c3ccccc3C(F)(F)F)CN2c2ccc(F)c(Cl)c2)CC1. The van der Waals surface area contributed by atoms with E-state index in [-0.39, 0.29) is 23.7 Å². The molecular weight excluding hydrogens is 514 g/mol. The van der Waals surface area contributed by atoms with E-state index in [1.807, 2.05) is 6.07 Å². The molecule has 1 aliphatic heterocycles. The van der Waals surface area contributed by atoms with Crippen LogP contribution < -0.4 is 10.2 Å². The molecule has 1 heterocycles. The number of hydrogen-bond donors (Lipinski definition) is 1. The van der Waals surface area contributed by atoms with E-state index >= 15 is 0 Å². The maximum absolute atomic E-state index is 13.7. The van der Waals surface area contributed by atoms with Crippen LogP contribution in [0.4, 0.5) is 28.0 Å². The molecule has 1 saturated heterocycles. The highest BCUT2D eigenvalue weighted by atomic mass is 35.5. The molecule has 2 atom stereocenters. The van der Waals surface area contributed by atoms with Crippen molar-refractivity contribution < 1.29 is 35.5 Å². The number of amides is 1. The minimum atomic E-state index is -4.90. The van der Waals surface area contributed by atoms with Gasteiger partial charge in [0.1, 0.15) is 11.4 Å². The second kappa shape index (κ2) is 8.87. The van der Waals surface area contributed by atoms with E-state index in [1.54, 1.807) is 0 Å². The maximum Gasteiger partial charge on any atom is 0.417 e. The summed E-state index contributed by atoms with van der Waals surface area (Å²) in [6, 6.07) is 9.29. The largest absolute Gasteiger partial charge is 0.425 e. The normalized spacial score (nSPS) is 21.3. The highest BCUT2D eigenvalue weighted by Gasteiger charge is 2.48. The quantitative estimate of drug-likeness (QED) is 0.563. The van der Waals surface area contributed by atoms with Crippen LogP contribution >= 0.6 is 11.6 Å². The number of carbonyl (C=O) groups is 1. The fraction of sp³-hybridized carbons (Fsp3) is 0.364. The molecular formula is C22H18ClF4N3O4S. The number of nitriles is 1. The lowest BCUT2D eigenvalue weighted by Gasteiger charge is -2.27. The highest BCUT2D eigenvalue weighted by Crippen LogP contribution is 2.39. The molecule has 1 aliphatic carbocycles. The molecule has 4 rings (SSSR count). The summed E-state index contributed by atoms with van der Waals surface area (Å²) in [6.07, 6.45) is -6.64. The summed E-state index contributed by atoms with van der Waals surface area (Å²) in [5, 5.41) is 9.92. The van der Waals surface area contributed by atoms with Crippen molar-refractivity contribution in [2.75, 3.05) is 11.4 Å². The van der Waals surface area contributed by atoms with Crippen molar-refractivity contribution >= 4 is 33.2 Å². The molecule has 2 fully saturated rings. The minimum absolute atomic E-state index is 0.206. The van der Waals surface area contributed by atoms with Gasteiger partial charge in [-0.25, -0.2) is 17.6 Å². The van der Waals surface area contributed by atoms with Gasteiger partial charge in [-0.3, -0.25) is 0 Å². The number of hydrogen-bond acceptors (Lipinski definition) is 6. The molecule has 0 radical (unpaired) electrons. The van der Waals surface area contributed by atoms with Crippen molar-refractivity contribution in [3.63, 3.8) is 0 Å². The summed E-state index contributed by atoms with van der Waals surface area (Å²) in [7, 11) is -4.54. The van der Waals surface area contributed by atoms with Gasteiger partial charge in [-0.05, 0) is 43.2 Å². The number of nitrogens with zero attached hydrogens (tertiary/aromatic N) is 2. The van der Waals surface area contributed by atoms with Crippen molar-refractivity contribution in [3.05, 3.63) is 58.9 Å². The topological polar surface area (TPSA) is 99.5 Å². The molecule has 0 bridgehead atoms. The number of alkyl carbamates (subject to hydrolysis) is 1. The van der Waals surface area contributed by atoms with Crippen molar-refractivity contribution in [2.24, 2.45) is 0 Å². The van der Waals surface area contributed by atoms with Crippen molar-refractivity contribution in [3.8, 4) is 6.07 Å². The molecule has 1 saturated carbocycles. The molecule has 2 aromatic rings. The van der Waals surface area contributed by atoms with E-state index in [0.29, 0.717) is 18.9 Å². The number of ether oxygens (including phenoxy) is 1. The molecule has 0 spiro atoms. The number of anilines is 1. The van der Waals surface area contributed by atoms with E-state index in [4.69, 9.17) is 21.6 Å². The van der Waals surface area contributed by atoms with Crippen LogP contribution in [0.3, 0.4) is 0 Å². The van der Waals surface area contributed by atoms with Crippen molar-refractivity contribution in [2.45, 2.75) is 47.4 Å². The Kier molecular flexibility index (Phi) is 6.36. The van der Waals surface area contributed by atoms with Crippen molar-refractivity contribution in [1.82, 2.24) is 5.32 Å². The van der Waals surface area contributed by atoms with Gasteiger partial charge in [0.2, 0.25) is 0 Å². The molecule has 1 N–H and O–H groups in total. The van der Waals surface area contributed by atoms with Crippen LogP contribution in [0.1, 0.15) is 24.8 Å². The van der Waals surface area contributed by atoms with Gasteiger partial charge in [-0.1, -0.05) is 23.7 Å². The third-order valence-electron chi connectivity index (χ3n) is 5.93. The summed E-state index contributed by atoms with van der Waals surface area (Å²) < 4.78 is 86.2. The Bertz CT molecular complexity index is 1310. The summed E-state index contributed by atoms with van der Waals surface area (Å²) >= 11 is 5.85. The zero-order chi connectivity index (χ0) is 25.6. The third-order valence-corrected chi connectivity index (χ3v) is 8.41. The van der Waals surface area contributed by atoms with Gasteiger partial charge in [0.25, 0.3) is 0 Å². The lowest BCUT2D eigenvalue weighted by Crippen LogP contribution is -2.41. The molecule has 0 aromatic heterocycles. The number of halogens is 5. The summed E-state index contributed by atoms with van der Waals surface area (Å²) in [5.74, 6) is -0.738. The highest BCUT2D eigenvalue weighted by molar-refractivity contribution is 7.92. The zero-order valence-corrected chi connectivity index (χ0v) is 19.4. The van der Waals surface area contributed by atoms with Crippen molar-refractivity contribution in [1.29, 1.82) is 5.26 Å². The van der Waals surface area contributed by atoms with E-state index in [0.717, 1.165) is 18.2 Å². The maximum atomic E-state index is 13.7. The Labute approximate surface area is 203 Å². The average Bonchev–Trinajstić information content (AvgIpc) is 3.44. The fourth-order valence-corrected chi connectivity index (χ4v) is 5.97. The lowest BCUT2D eigenvalue weighted by atomic mass is 10.2. The van der Waals surface area contributed by atoms with Crippen LogP contribution in [0.15, 0.2) is 47.4 Å². The first-order chi connectivity index (χ1) is 16.4. The Morgan fingerprint density at radius 1 is 1.23 bits per heavy atom. The molecule has 1 amide bonds. The lowest BCUT2D eigenvalue weighted by molar-refractivity contribution is -0.139. The molecule has 2 aromatic carbocycles. The smallest absolute Gasteiger partial charge is 0.417 e. The second-order valence-electron chi connectivity index (χ2n) is 8.33. The molecule has 186 valence electrons. The summed E-state index contributed by atoms with van der Waals surface area (Å²) in [5.41, 5.74) is -2.16. The van der Waals surface area contributed by atoms with Crippen LogP contribution in [-0.4, -0.2) is 38.1 Å². The molecule has 2 aliphatic rings. The molecule has 35 heavy (non-hydrogen) atoms. The monoisotopic (exact) mass is 531 g/mol. The number of alkyl halides is 3. The van der Waals surface area contributed by atoms with E-state index in [1.165, 1.54) is 23.1 Å². The van der Waals surface area contributed by atoms with E-state index < -0.39 is 55.4 Å². The average molecular weight is 532 g/mol. The number of sulfone groups is 1. The Hall–Kier alpha value is -3.04. The number of rotatable bonds is 5.